The van der Waals surface area contributed by atoms with E-state index in [9.17, 15) is 4.39 Å². The molecule has 0 aromatic heterocycles. The third kappa shape index (κ3) is 1.46. The minimum absolute atomic E-state index is 0.158. The van der Waals surface area contributed by atoms with Crippen LogP contribution in [0.4, 0.5) is 4.39 Å². The van der Waals surface area contributed by atoms with E-state index in [1.807, 2.05) is 0 Å². The van der Waals surface area contributed by atoms with Gasteiger partial charge in [0.25, 0.3) is 0 Å². The zero-order valence-electron chi connectivity index (χ0n) is 7.51. The summed E-state index contributed by atoms with van der Waals surface area (Å²) in [5, 5.41) is 8.89. The molecule has 1 aliphatic heterocycles. The Morgan fingerprint density at radius 2 is 2.33 bits per heavy atom. The number of alkyl halides is 1. The van der Waals surface area contributed by atoms with E-state index in [4.69, 9.17) is 15.6 Å². The maximum Gasteiger partial charge on any atom is 0.156 e. The Hall–Kier alpha value is -0.190. The second-order valence-corrected chi connectivity index (χ2v) is 3.87. The molecule has 0 spiro atoms. The fourth-order valence-electron chi connectivity index (χ4n) is 1.44. The van der Waals surface area contributed by atoms with Crippen LogP contribution in [0.5, 0.6) is 0 Å². The van der Waals surface area contributed by atoms with Crippen molar-refractivity contribution in [2.45, 2.75) is 37.6 Å². The molecular weight excluding hydrogens is 161 g/mol. The Kier molecular flexibility index (Phi) is 2.42. The molecule has 0 amide bonds. The third-order valence-corrected chi connectivity index (χ3v) is 2.55. The summed E-state index contributed by atoms with van der Waals surface area (Å²) in [7, 11) is 0. The van der Waals surface area contributed by atoms with Gasteiger partial charge in [-0.15, -0.1) is 0 Å². The second-order valence-electron chi connectivity index (χ2n) is 3.87. The van der Waals surface area contributed by atoms with E-state index in [0.717, 1.165) is 0 Å². The molecule has 3 nitrogen and oxygen atoms in total. The molecule has 0 radical (unpaired) electrons. The van der Waals surface area contributed by atoms with Gasteiger partial charge in [0, 0.05) is 6.42 Å². The van der Waals surface area contributed by atoms with Crippen LogP contribution in [0, 0.1) is 0 Å². The molecule has 1 saturated heterocycles. The molecule has 1 aliphatic rings. The quantitative estimate of drug-likeness (QED) is 0.602. The number of aliphatic hydroxyl groups is 1. The Balaban J connectivity index is 2.78. The van der Waals surface area contributed by atoms with Crippen molar-refractivity contribution < 1.29 is 14.2 Å². The summed E-state index contributed by atoms with van der Waals surface area (Å²) in [4.78, 5) is 0. The van der Waals surface area contributed by atoms with E-state index in [0.29, 0.717) is 0 Å². The number of ether oxygens (including phenoxy) is 1. The Labute approximate surface area is 71.7 Å². The van der Waals surface area contributed by atoms with Crippen molar-refractivity contribution in [2.75, 3.05) is 13.2 Å². The summed E-state index contributed by atoms with van der Waals surface area (Å²) in [6.07, 6.45) is -0.00461. The number of hydrogen-bond donors (Lipinski definition) is 2. The van der Waals surface area contributed by atoms with Crippen molar-refractivity contribution in [3.63, 3.8) is 0 Å². The summed E-state index contributed by atoms with van der Waals surface area (Å²) in [5.74, 6) is 0. The number of halogens is 1. The van der Waals surface area contributed by atoms with Gasteiger partial charge in [-0.1, -0.05) is 0 Å². The molecule has 0 unspecified atom stereocenters. The lowest BCUT2D eigenvalue weighted by atomic mass is 9.79. The topological polar surface area (TPSA) is 55.5 Å². The highest BCUT2D eigenvalue weighted by Crippen LogP contribution is 2.34. The first-order valence-corrected chi connectivity index (χ1v) is 4.11. The maximum absolute atomic E-state index is 13.9. The minimum atomic E-state index is -1.70. The molecule has 3 N–H and O–H groups in total. The molecular formula is C8H16FNO2. The van der Waals surface area contributed by atoms with Crippen LogP contribution in [0.25, 0.3) is 0 Å². The van der Waals surface area contributed by atoms with Gasteiger partial charge in [-0.2, -0.15) is 0 Å². The Morgan fingerprint density at radius 1 is 1.75 bits per heavy atom. The van der Waals surface area contributed by atoms with Crippen molar-refractivity contribution in [1.82, 2.24) is 0 Å². The van der Waals surface area contributed by atoms with E-state index in [-0.39, 0.29) is 19.1 Å². The van der Waals surface area contributed by atoms with Gasteiger partial charge in [-0.05, 0) is 13.8 Å². The van der Waals surface area contributed by atoms with Crippen LogP contribution in [0.1, 0.15) is 20.3 Å². The van der Waals surface area contributed by atoms with Gasteiger partial charge >= 0.3 is 0 Å². The highest BCUT2D eigenvalue weighted by Gasteiger charge is 2.50. The van der Waals surface area contributed by atoms with Crippen molar-refractivity contribution in [3.05, 3.63) is 0 Å². The summed E-state index contributed by atoms with van der Waals surface area (Å²) < 4.78 is 19.1. The lowest BCUT2D eigenvalue weighted by Crippen LogP contribution is -2.65. The SMILES string of the molecule is C[C@H]1C[C@@](F)(CO)[C@@](C)(N)CO1. The molecule has 4 heteroatoms. The zero-order valence-corrected chi connectivity index (χ0v) is 7.51. The van der Waals surface area contributed by atoms with Crippen molar-refractivity contribution >= 4 is 0 Å². The molecule has 0 aliphatic carbocycles. The largest absolute Gasteiger partial charge is 0.393 e. The smallest absolute Gasteiger partial charge is 0.156 e. The van der Waals surface area contributed by atoms with E-state index in [2.05, 4.69) is 0 Å². The van der Waals surface area contributed by atoms with Gasteiger partial charge in [-0.25, -0.2) is 4.39 Å². The standard InChI is InChI=1S/C8H16FNO2/c1-6-3-8(9,4-11)7(2,10)5-12-6/h6,11H,3-5,10H2,1-2H3/t6-,7-,8+/m0/s1. The summed E-state index contributed by atoms with van der Waals surface area (Å²) in [6, 6.07) is 0. The minimum Gasteiger partial charge on any atom is -0.393 e. The highest BCUT2D eigenvalue weighted by molar-refractivity contribution is 5.04. The van der Waals surface area contributed by atoms with E-state index >= 15 is 0 Å². The van der Waals surface area contributed by atoms with Gasteiger partial charge in [0.05, 0.1) is 24.9 Å². The molecule has 12 heavy (non-hydrogen) atoms. The number of hydrogen-bond acceptors (Lipinski definition) is 3. The molecule has 1 rings (SSSR count). The van der Waals surface area contributed by atoms with Gasteiger partial charge in [0.1, 0.15) is 0 Å². The van der Waals surface area contributed by atoms with Crippen LogP contribution in [0.15, 0.2) is 0 Å². The number of rotatable bonds is 1. The number of aliphatic hydroxyl groups excluding tert-OH is 1. The Bertz CT molecular complexity index is 174. The van der Waals surface area contributed by atoms with Gasteiger partial charge in [0.15, 0.2) is 5.67 Å². The summed E-state index contributed by atoms with van der Waals surface area (Å²) >= 11 is 0. The average Bonchev–Trinajstić information content (AvgIpc) is 1.98. The average molecular weight is 177 g/mol. The molecule has 0 aromatic rings. The lowest BCUT2D eigenvalue weighted by Gasteiger charge is -2.44. The molecule has 0 saturated carbocycles. The monoisotopic (exact) mass is 177 g/mol. The number of nitrogens with two attached hydrogens (primary N) is 1. The molecule has 3 atom stereocenters. The van der Waals surface area contributed by atoms with Crippen LogP contribution in [0.2, 0.25) is 0 Å². The van der Waals surface area contributed by atoms with E-state index < -0.39 is 17.8 Å². The van der Waals surface area contributed by atoms with Crippen molar-refractivity contribution in [2.24, 2.45) is 5.73 Å². The first-order chi connectivity index (χ1) is 5.41. The first kappa shape index (κ1) is 9.89. The fraction of sp³-hybridized carbons (Fsp3) is 1.00. The van der Waals surface area contributed by atoms with E-state index in [1.54, 1.807) is 13.8 Å². The zero-order chi connectivity index (χ0) is 9.41. The normalized spacial score (nSPS) is 49.2. The molecule has 0 aromatic carbocycles. The van der Waals surface area contributed by atoms with Crippen LogP contribution >= 0.6 is 0 Å². The van der Waals surface area contributed by atoms with E-state index in [1.165, 1.54) is 0 Å². The fourth-order valence-corrected chi connectivity index (χ4v) is 1.44. The predicted octanol–water partition coefficient (Wildman–Crippen LogP) is 0.213. The summed E-state index contributed by atoms with van der Waals surface area (Å²) in [6.45, 7) is 2.97. The van der Waals surface area contributed by atoms with Gasteiger partial charge in [0.2, 0.25) is 0 Å². The first-order valence-electron chi connectivity index (χ1n) is 4.11. The van der Waals surface area contributed by atoms with Gasteiger partial charge < -0.3 is 15.6 Å². The molecule has 72 valence electrons. The summed E-state index contributed by atoms with van der Waals surface area (Å²) in [5.41, 5.74) is 2.89. The van der Waals surface area contributed by atoms with Gasteiger partial charge in [-0.3, -0.25) is 0 Å². The van der Waals surface area contributed by atoms with Crippen LogP contribution in [0.3, 0.4) is 0 Å². The Morgan fingerprint density at radius 3 is 2.75 bits per heavy atom. The third-order valence-electron chi connectivity index (χ3n) is 2.55. The van der Waals surface area contributed by atoms with Crippen LogP contribution < -0.4 is 5.73 Å². The van der Waals surface area contributed by atoms with Crippen molar-refractivity contribution in [3.8, 4) is 0 Å². The molecule has 1 heterocycles. The highest BCUT2D eigenvalue weighted by atomic mass is 19.1. The van der Waals surface area contributed by atoms with Crippen LogP contribution in [-0.2, 0) is 4.74 Å². The molecule has 1 fully saturated rings. The van der Waals surface area contributed by atoms with Crippen LogP contribution in [-0.4, -0.2) is 35.6 Å². The maximum atomic E-state index is 13.9. The predicted molar refractivity (Wildman–Crippen MR) is 43.5 cm³/mol. The van der Waals surface area contributed by atoms with Crippen molar-refractivity contribution in [1.29, 1.82) is 0 Å². The molecule has 0 bridgehead atoms. The lowest BCUT2D eigenvalue weighted by molar-refractivity contribution is -0.125. The second kappa shape index (κ2) is 2.94.